The van der Waals surface area contributed by atoms with E-state index in [2.05, 4.69) is 15.9 Å². The average Bonchev–Trinajstić information content (AvgIpc) is 2.47. The van der Waals surface area contributed by atoms with Crippen molar-refractivity contribution in [2.24, 2.45) is 0 Å². The van der Waals surface area contributed by atoms with E-state index < -0.39 is 15.9 Å². The first kappa shape index (κ1) is 16.0. The average molecular weight is 371 g/mol. The summed E-state index contributed by atoms with van der Waals surface area (Å²) in [4.78, 5) is 0.166. The molecule has 112 valence electrons. The Morgan fingerprint density at radius 1 is 1.10 bits per heavy atom. The summed E-state index contributed by atoms with van der Waals surface area (Å²) >= 11 is 3.29. The Hall–Kier alpha value is -1.37. The van der Waals surface area contributed by atoms with Gasteiger partial charge in [-0.1, -0.05) is 28.1 Å². The Labute approximate surface area is 132 Å². The van der Waals surface area contributed by atoms with Gasteiger partial charge in [-0.2, -0.15) is 0 Å². The van der Waals surface area contributed by atoms with Gasteiger partial charge in [-0.05, 0) is 42.0 Å². The highest BCUT2D eigenvalue weighted by molar-refractivity contribution is 9.10. The van der Waals surface area contributed by atoms with Crippen LogP contribution in [0, 0.1) is 0 Å². The zero-order valence-corrected chi connectivity index (χ0v) is 13.8. The molecule has 0 saturated heterocycles. The predicted octanol–water partition coefficient (Wildman–Crippen LogP) is 2.97. The second-order valence-corrected chi connectivity index (χ2v) is 7.47. The van der Waals surface area contributed by atoms with Crippen molar-refractivity contribution >= 4 is 25.8 Å². The van der Waals surface area contributed by atoms with E-state index in [9.17, 15) is 13.5 Å². The van der Waals surface area contributed by atoms with E-state index in [-0.39, 0.29) is 10.6 Å². The number of hydrogen-bond acceptors (Lipinski definition) is 4. The third-order valence-electron chi connectivity index (χ3n) is 3.05. The number of benzene rings is 2. The van der Waals surface area contributed by atoms with Crippen LogP contribution >= 0.6 is 15.9 Å². The molecule has 1 unspecified atom stereocenters. The molecular formula is C15H15BrO4S. The quantitative estimate of drug-likeness (QED) is 0.878. The molecule has 4 nitrogen and oxygen atoms in total. The second kappa shape index (κ2) is 6.60. The van der Waals surface area contributed by atoms with E-state index in [1.165, 1.54) is 19.2 Å². The number of hydrogen-bond donors (Lipinski definition) is 1. The van der Waals surface area contributed by atoms with Crippen LogP contribution in [0.15, 0.2) is 57.9 Å². The molecule has 0 amide bonds. The first-order valence-electron chi connectivity index (χ1n) is 6.23. The van der Waals surface area contributed by atoms with Crippen molar-refractivity contribution in [3.8, 4) is 5.75 Å². The van der Waals surface area contributed by atoms with Crippen molar-refractivity contribution in [2.45, 2.75) is 11.0 Å². The molecule has 2 aromatic carbocycles. The molecule has 6 heteroatoms. The van der Waals surface area contributed by atoms with Gasteiger partial charge in [-0.25, -0.2) is 8.42 Å². The van der Waals surface area contributed by atoms with Crippen molar-refractivity contribution < 1.29 is 18.3 Å². The van der Waals surface area contributed by atoms with E-state index >= 15 is 0 Å². The summed E-state index contributed by atoms with van der Waals surface area (Å²) in [6.07, 6.45) is -1.06. The topological polar surface area (TPSA) is 63.6 Å². The van der Waals surface area contributed by atoms with Gasteiger partial charge in [0, 0.05) is 4.47 Å². The number of sulfone groups is 1. The van der Waals surface area contributed by atoms with Crippen molar-refractivity contribution in [3.05, 3.63) is 58.6 Å². The standard InChI is InChI=1S/C15H15BrO4S/c1-20-13-6-8-14(9-7-13)21(18,19)10-15(17)11-2-4-12(16)5-3-11/h2-9,15,17H,10H2,1H3. The number of halogens is 1. The third-order valence-corrected chi connectivity index (χ3v) is 5.32. The maximum atomic E-state index is 12.3. The SMILES string of the molecule is COc1ccc(S(=O)(=O)CC(O)c2ccc(Br)cc2)cc1. The van der Waals surface area contributed by atoms with Crippen LogP contribution in [0.5, 0.6) is 5.75 Å². The largest absolute Gasteiger partial charge is 0.497 e. The van der Waals surface area contributed by atoms with Crippen LogP contribution in [0.4, 0.5) is 0 Å². The Morgan fingerprint density at radius 2 is 1.67 bits per heavy atom. The number of aliphatic hydroxyl groups excluding tert-OH is 1. The molecule has 0 spiro atoms. The van der Waals surface area contributed by atoms with Crippen LogP contribution < -0.4 is 4.74 Å². The summed E-state index contributed by atoms with van der Waals surface area (Å²) in [5, 5.41) is 10.1. The minimum absolute atomic E-state index is 0.166. The number of aliphatic hydroxyl groups is 1. The molecule has 0 radical (unpaired) electrons. The molecule has 0 aliphatic heterocycles. The van der Waals surface area contributed by atoms with Gasteiger partial charge in [0.15, 0.2) is 9.84 Å². The molecule has 0 fully saturated rings. The highest BCUT2D eigenvalue weighted by Crippen LogP contribution is 2.23. The minimum Gasteiger partial charge on any atom is -0.497 e. The predicted molar refractivity (Wildman–Crippen MR) is 84.1 cm³/mol. The Kier molecular flexibility index (Phi) is 5.03. The summed E-state index contributed by atoms with van der Waals surface area (Å²) in [6.45, 7) is 0. The monoisotopic (exact) mass is 370 g/mol. The molecular weight excluding hydrogens is 356 g/mol. The fourth-order valence-corrected chi connectivity index (χ4v) is 3.48. The lowest BCUT2D eigenvalue weighted by atomic mass is 10.1. The molecule has 0 saturated carbocycles. The van der Waals surface area contributed by atoms with E-state index in [0.29, 0.717) is 11.3 Å². The normalized spacial score (nSPS) is 12.9. The van der Waals surface area contributed by atoms with Crippen LogP contribution in [-0.2, 0) is 9.84 Å². The molecule has 0 aliphatic carbocycles. The van der Waals surface area contributed by atoms with Gasteiger partial charge in [0.1, 0.15) is 5.75 Å². The summed E-state index contributed by atoms with van der Waals surface area (Å²) in [5.74, 6) is 0.225. The van der Waals surface area contributed by atoms with Gasteiger partial charge in [0.05, 0.1) is 23.9 Å². The van der Waals surface area contributed by atoms with E-state index in [1.54, 1.807) is 36.4 Å². The van der Waals surface area contributed by atoms with Crippen LogP contribution in [0.2, 0.25) is 0 Å². The van der Waals surface area contributed by atoms with Gasteiger partial charge in [0.25, 0.3) is 0 Å². The van der Waals surface area contributed by atoms with E-state index in [0.717, 1.165) is 4.47 Å². The third kappa shape index (κ3) is 4.06. The summed E-state index contributed by atoms with van der Waals surface area (Å²) in [6, 6.07) is 13.0. The summed E-state index contributed by atoms with van der Waals surface area (Å²) < 4.78 is 30.4. The molecule has 1 N–H and O–H groups in total. The van der Waals surface area contributed by atoms with Crippen LogP contribution in [-0.4, -0.2) is 26.4 Å². The first-order chi connectivity index (χ1) is 9.92. The van der Waals surface area contributed by atoms with Gasteiger partial charge in [0.2, 0.25) is 0 Å². The smallest absolute Gasteiger partial charge is 0.181 e. The molecule has 0 aliphatic rings. The van der Waals surface area contributed by atoms with Crippen molar-refractivity contribution in [3.63, 3.8) is 0 Å². The molecule has 0 aromatic heterocycles. The minimum atomic E-state index is -3.56. The summed E-state index contributed by atoms with van der Waals surface area (Å²) in [7, 11) is -2.05. The molecule has 21 heavy (non-hydrogen) atoms. The molecule has 2 aromatic rings. The second-order valence-electron chi connectivity index (χ2n) is 4.52. The number of methoxy groups -OCH3 is 1. The Bertz CT molecular complexity index is 693. The Morgan fingerprint density at radius 3 is 2.19 bits per heavy atom. The molecule has 0 bridgehead atoms. The lowest BCUT2D eigenvalue weighted by Crippen LogP contribution is -2.14. The summed E-state index contributed by atoms with van der Waals surface area (Å²) in [5.41, 5.74) is 0.565. The highest BCUT2D eigenvalue weighted by Gasteiger charge is 2.21. The van der Waals surface area contributed by atoms with Crippen LogP contribution in [0.25, 0.3) is 0 Å². The Balaban J connectivity index is 2.17. The van der Waals surface area contributed by atoms with Crippen molar-refractivity contribution in [2.75, 3.05) is 12.9 Å². The van der Waals surface area contributed by atoms with Crippen LogP contribution in [0.3, 0.4) is 0 Å². The van der Waals surface area contributed by atoms with Gasteiger partial charge in [-0.15, -0.1) is 0 Å². The lowest BCUT2D eigenvalue weighted by molar-refractivity contribution is 0.201. The highest BCUT2D eigenvalue weighted by atomic mass is 79.9. The number of ether oxygens (including phenoxy) is 1. The zero-order chi connectivity index (χ0) is 15.5. The van der Waals surface area contributed by atoms with Gasteiger partial charge in [-0.3, -0.25) is 0 Å². The fourth-order valence-electron chi connectivity index (χ4n) is 1.87. The van der Waals surface area contributed by atoms with Crippen molar-refractivity contribution in [1.29, 1.82) is 0 Å². The molecule has 0 heterocycles. The van der Waals surface area contributed by atoms with E-state index in [4.69, 9.17) is 4.74 Å². The zero-order valence-electron chi connectivity index (χ0n) is 11.4. The number of rotatable bonds is 5. The van der Waals surface area contributed by atoms with Gasteiger partial charge < -0.3 is 9.84 Å². The van der Waals surface area contributed by atoms with Gasteiger partial charge >= 0.3 is 0 Å². The maximum Gasteiger partial charge on any atom is 0.181 e. The maximum absolute atomic E-state index is 12.3. The molecule has 2 rings (SSSR count). The van der Waals surface area contributed by atoms with Crippen LogP contribution in [0.1, 0.15) is 11.7 Å². The fraction of sp³-hybridized carbons (Fsp3) is 0.200. The van der Waals surface area contributed by atoms with E-state index in [1.807, 2.05) is 0 Å². The molecule has 1 atom stereocenters. The first-order valence-corrected chi connectivity index (χ1v) is 8.67. The lowest BCUT2D eigenvalue weighted by Gasteiger charge is -2.12. The van der Waals surface area contributed by atoms with Crippen molar-refractivity contribution in [1.82, 2.24) is 0 Å².